The lowest BCUT2D eigenvalue weighted by Gasteiger charge is -1.88. The number of H-pyrrole nitrogens is 1. The van der Waals surface area contributed by atoms with Gasteiger partial charge in [-0.2, -0.15) is 0 Å². The maximum atomic E-state index is 8.80. The number of aromatic nitrogens is 2. The van der Waals surface area contributed by atoms with E-state index in [0.29, 0.717) is 5.82 Å². The third-order valence-corrected chi connectivity index (χ3v) is 3.34. The van der Waals surface area contributed by atoms with Crippen LogP contribution in [0.4, 0.5) is 0 Å². The molecule has 3 nitrogen and oxygen atoms in total. The molecule has 0 radical (unpaired) electrons. The topological polar surface area (TPSA) is 48.9 Å². The lowest BCUT2D eigenvalue weighted by atomic mass is 10.4. The van der Waals surface area contributed by atoms with Gasteiger partial charge in [-0.05, 0) is 22.0 Å². The zero-order chi connectivity index (χ0) is 9.26. The van der Waals surface area contributed by atoms with Gasteiger partial charge in [0.25, 0.3) is 0 Å². The Labute approximate surface area is 87.6 Å². The number of aliphatic hydroxyl groups excluding tert-OH is 1. The van der Waals surface area contributed by atoms with Crippen LogP contribution >= 0.6 is 27.3 Å². The number of aliphatic hydroxyl groups is 1. The molecule has 5 heteroatoms. The number of rotatable bonds is 2. The van der Waals surface area contributed by atoms with Crippen LogP contribution < -0.4 is 0 Å². The Morgan fingerprint density at radius 1 is 1.62 bits per heavy atom. The lowest BCUT2D eigenvalue weighted by Crippen LogP contribution is -1.83. The summed E-state index contributed by atoms with van der Waals surface area (Å²) in [5.41, 5.74) is 0.944. The second-order valence-electron chi connectivity index (χ2n) is 2.53. The molecule has 0 unspecified atom stereocenters. The molecule has 2 heterocycles. The van der Waals surface area contributed by atoms with Crippen LogP contribution in [0, 0.1) is 0 Å². The summed E-state index contributed by atoms with van der Waals surface area (Å²) in [7, 11) is 0. The number of aromatic amines is 1. The van der Waals surface area contributed by atoms with Crippen LogP contribution in [0.2, 0.25) is 0 Å². The van der Waals surface area contributed by atoms with Gasteiger partial charge in [-0.25, -0.2) is 4.98 Å². The van der Waals surface area contributed by atoms with E-state index in [-0.39, 0.29) is 6.61 Å². The summed E-state index contributed by atoms with van der Waals surface area (Å²) in [4.78, 5) is 8.14. The first-order valence-electron chi connectivity index (χ1n) is 3.69. The van der Waals surface area contributed by atoms with Crippen molar-refractivity contribution in [2.75, 3.05) is 0 Å². The second-order valence-corrected chi connectivity index (χ2v) is 4.36. The molecule has 2 aromatic heterocycles. The predicted octanol–water partition coefficient (Wildman–Crippen LogP) is 2.39. The highest BCUT2D eigenvalue weighted by atomic mass is 79.9. The van der Waals surface area contributed by atoms with E-state index in [1.807, 2.05) is 11.4 Å². The number of thiophene rings is 1. The number of hydrogen-bond donors (Lipinski definition) is 2. The van der Waals surface area contributed by atoms with Crippen molar-refractivity contribution in [2.24, 2.45) is 0 Å². The maximum absolute atomic E-state index is 8.80. The Balaban J connectivity index is 2.35. The van der Waals surface area contributed by atoms with Crippen molar-refractivity contribution < 1.29 is 5.11 Å². The van der Waals surface area contributed by atoms with Crippen LogP contribution in [0.3, 0.4) is 0 Å². The van der Waals surface area contributed by atoms with Crippen LogP contribution in [0.5, 0.6) is 0 Å². The highest BCUT2D eigenvalue weighted by Crippen LogP contribution is 2.28. The Kier molecular flexibility index (Phi) is 2.48. The number of imidazole rings is 1. The summed E-state index contributed by atoms with van der Waals surface area (Å²) < 4.78 is 1.06. The summed E-state index contributed by atoms with van der Waals surface area (Å²) in [6.45, 7) is -0.0491. The SMILES string of the molecule is OCc1ncc(-c2cc(Br)cs2)[nH]1. The fraction of sp³-hybridized carbons (Fsp3) is 0.125. The predicted molar refractivity (Wildman–Crippen MR) is 55.5 cm³/mol. The van der Waals surface area contributed by atoms with Gasteiger partial charge >= 0.3 is 0 Å². The van der Waals surface area contributed by atoms with Crippen molar-refractivity contribution in [1.82, 2.24) is 9.97 Å². The van der Waals surface area contributed by atoms with E-state index >= 15 is 0 Å². The van der Waals surface area contributed by atoms with Gasteiger partial charge in [-0.1, -0.05) is 0 Å². The molecule has 2 rings (SSSR count). The molecule has 0 bridgehead atoms. The molecule has 0 saturated heterocycles. The maximum Gasteiger partial charge on any atom is 0.132 e. The van der Waals surface area contributed by atoms with Crippen molar-refractivity contribution in [3.63, 3.8) is 0 Å². The highest BCUT2D eigenvalue weighted by Gasteiger charge is 2.04. The van der Waals surface area contributed by atoms with Crippen molar-refractivity contribution in [2.45, 2.75) is 6.61 Å². The third-order valence-electron chi connectivity index (χ3n) is 1.61. The molecule has 0 fully saturated rings. The van der Waals surface area contributed by atoms with E-state index < -0.39 is 0 Å². The molecule has 2 aromatic rings. The average molecular weight is 259 g/mol. The van der Waals surface area contributed by atoms with Crippen LogP contribution in [-0.2, 0) is 6.61 Å². The van der Waals surface area contributed by atoms with Gasteiger partial charge in [0.05, 0.1) is 16.8 Å². The van der Waals surface area contributed by atoms with E-state index in [2.05, 4.69) is 25.9 Å². The summed E-state index contributed by atoms with van der Waals surface area (Å²) in [5.74, 6) is 0.597. The minimum atomic E-state index is -0.0491. The molecule has 2 N–H and O–H groups in total. The number of halogens is 1. The molecule has 68 valence electrons. The smallest absolute Gasteiger partial charge is 0.132 e. The van der Waals surface area contributed by atoms with Gasteiger partial charge in [-0.15, -0.1) is 11.3 Å². The van der Waals surface area contributed by atoms with Gasteiger partial charge in [0, 0.05) is 9.85 Å². The normalized spacial score (nSPS) is 10.6. The lowest BCUT2D eigenvalue weighted by molar-refractivity contribution is 0.272. The molecule has 13 heavy (non-hydrogen) atoms. The highest BCUT2D eigenvalue weighted by molar-refractivity contribution is 9.10. The van der Waals surface area contributed by atoms with E-state index in [4.69, 9.17) is 5.11 Å². The number of nitrogens with one attached hydrogen (secondary N) is 1. The van der Waals surface area contributed by atoms with Crippen LogP contribution in [0.15, 0.2) is 22.1 Å². The fourth-order valence-electron chi connectivity index (χ4n) is 1.02. The molecule has 0 amide bonds. The number of hydrogen-bond acceptors (Lipinski definition) is 3. The summed E-state index contributed by atoms with van der Waals surface area (Å²) in [5, 5.41) is 10.8. The largest absolute Gasteiger partial charge is 0.388 e. The zero-order valence-electron chi connectivity index (χ0n) is 6.62. The van der Waals surface area contributed by atoms with E-state index in [9.17, 15) is 0 Å². The molecule has 0 saturated carbocycles. The van der Waals surface area contributed by atoms with Crippen LogP contribution in [0.25, 0.3) is 10.6 Å². The summed E-state index contributed by atoms with van der Waals surface area (Å²) >= 11 is 5.01. The molecular formula is C8H7BrN2OS. The molecule has 0 aromatic carbocycles. The van der Waals surface area contributed by atoms with Crippen LogP contribution in [-0.4, -0.2) is 15.1 Å². The zero-order valence-corrected chi connectivity index (χ0v) is 9.02. The van der Waals surface area contributed by atoms with Crippen molar-refractivity contribution >= 4 is 27.3 Å². The van der Waals surface area contributed by atoms with Gasteiger partial charge in [-0.3, -0.25) is 0 Å². The molecule has 0 aliphatic carbocycles. The van der Waals surface area contributed by atoms with Crippen LogP contribution in [0.1, 0.15) is 5.82 Å². The second kappa shape index (κ2) is 3.61. The van der Waals surface area contributed by atoms with Gasteiger partial charge in [0.15, 0.2) is 0 Å². The standard InChI is InChI=1S/C8H7BrN2OS/c9-5-1-7(13-4-5)6-2-10-8(3-12)11-6/h1-2,4,12H,3H2,(H,10,11). The molecular weight excluding hydrogens is 252 g/mol. The first-order valence-corrected chi connectivity index (χ1v) is 5.36. The molecule has 0 spiro atoms. The first-order chi connectivity index (χ1) is 6.29. The first kappa shape index (κ1) is 8.93. The Morgan fingerprint density at radius 2 is 2.46 bits per heavy atom. The molecule has 0 aliphatic heterocycles. The Morgan fingerprint density at radius 3 is 3.00 bits per heavy atom. The summed E-state index contributed by atoms with van der Waals surface area (Å²) in [6, 6.07) is 2.01. The van der Waals surface area contributed by atoms with Crippen molar-refractivity contribution in [3.05, 3.63) is 27.9 Å². The van der Waals surface area contributed by atoms with E-state index in [0.717, 1.165) is 15.0 Å². The number of nitrogens with zero attached hydrogens (tertiary/aromatic N) is 1. The van der Waals surface area contributed by atoms with E-state index in [1.165, 1.54) is 0 Å². The van der Waals surface area contributed by atoms with Crippen molar-refractivity contribution in [1.29, 1.82) is 0 Å². The third kappa shape index (κ3) is 1.82. The molecule has 0 aliphatic rings. The van der Waals surface area contributed by atoms with Gasteiger partial charge < -0.3 is 10.1 Å². The van der Waals surface area contributed by atoms with Gasteiger partial charge in [0.2, 0.25) is 0 Å². The van der Waals surface area contributed by atoms with E-state index in [1.54, 1.807) is 17.5 Å². The minimum Gasteiger partial charge on any atom is -0.388 e. The fourth-order valence-corrected chi connectivity index (χ4v) is 2.42. The molecule has 0 atom stereocenters. The summed E-state index contributed by atoms with van der Waals surface area (Å²) in [6.07, 6.45) is 1.73. The average Bonchev–Trinajstić information content (AvgIpc) is 2.71. The quantitative estimate of drug-likeness (QED) is 0.869. The minimum absolute atomic E-state index is 0.0491. The van der Waals surface area contributed by atoms with Crippen molar-refractivity contribution in [3.8, 4) is 10.6 Å². The van der Waals surface area contributed by atoms with Gasteiger partial charge in [0.1, 0.15) is 12.4 Å². The Bertz CT molecular complexity index is 410. The Hall–Kier alpha value is -0.650. The monoisotopic (exact) mass is 258 g/mol.